The Balaban J connectivity index is 1.84. The van der Waals surface area contributed by atoms with Crippen LogP contribution in [0.3, 0.4) is 0 Å². The summed E-state index contributed by atoms with van der Waals surface area (Å²) in [6.45, 7) is 0. The largest absolute Gasteiger partial charge is 0.549 e. The van der Waals surface area contributed by atoms with Crippen LogP contribution < -0.4 is 10.0 Å². The van der Waals surface area contributed by atoms with E-state index in [-0.39, 0.29) is 5.75 Å². The predicted octanol–water partition coefficient (Wildman–Crippen LogP) is 5.09. The number of carboxylic acid groups (broad SMARTS) is 1. The van der Waals surface area contributed by atoms with Crippen LogP contribution in [0.1, 0.15) is 32.1 Å². The lowest BCUT2D eigenvalue weighted by Crippen LogP contribution is -2.53. The van der Waals surface area contributed by atoms with E-state index >= 15 is 0 Å². The van der Waals surface area contributed by atoms with Crippen molar-refractivity contribution in [2.45, 2.75) is 37.6 Å². The number of halogens is 2. The van der Waals surface area contributed by atoms with E-state index in [1.54, 1.807) is 12.1 Å². The van der Waals surface area contributed by atoms with E-state index in [0.29, 0.717) is 21.0 Å². The van der Waals surface area contributed by atoms with Crippen LogP contribution in [0.2, 0.25) is 10.0 Å². The summed E-state index contributed by atoms with van der Waals surface area (Å²) < 4.78 is 0. The Morgan fingerprint density at radius 2 is 1.80 bits per heavy atom. The van der Waals surface area contributed by atoms with Gasteiger partial charge in [0.25, 0.3) is 0 Å². The molecule has 2 aromatic rings. The number of nitrogens with zero attached hydrogens (tertiary/aromatic N) is 3. The van der Waals surface area contributed by atoms with Gasteiger partial charge in [0.1, 0.15) is 5.54 Å². The number of carboxylic acids is 1. The number of rotatable bonds is 4. The number of hydrogen-bond donors (Lipinski definition) is 0. The lowest BCUT2D eigenvalue weighted by Gasteiger charge is -2.42. The molecular formula is C22H20Cl2N3O2S-. The quantitative estimate of drug-likeness (QED) is 0.637. The fourth-order valence-corrected chi connectivity index (χ4v) is 5.21. The molecule has 4 rings (SSSR count). The van der Waals surface area contributed by atoms with Gasteiger partial charge in [-0.2, -0.15) is 0 Å². The zero-order chi connectivity index (χ0) is 21.1. The predicted molar refractivity (Wildman–Crippen MR) is 123 cm³/mol. The molecule has 0 atom stereocenters. The maximum atomic E-state index is 11.2. The topological polar surface area (TPSA) is 68.1 Å². The Morgan fingerprint density at radius 1 is 1.10 bits per heavy atom. The third-order valence-corrected chi connectivity index (χ3v) is 6.88. The minimum atomic E-state index is -1.14. The Kier molecular flexibility index (Phi) is 6.37. The minimum Gasteiger partial charge on any atom is -0.549 e. The molecule has 0 unspecified atom stereocenters. The van der Waals surface area contributed by atoms with Gasteiger partial charge in [-0.3, -0.25) is 0 Å². The summed E-state index contributed by atoms with van der Waals surface area (Å²) >= 11 is 13.7. The maximum absolute atomic E-state index is 11.2. The molecule has 2 aromatic carbocycles. The zero-order valence-corrected chi connectivity index (χ0v) is 18.5. The number of benzene rings is 2. The van der Waals surface area contributed by atoms with E-state index in [9.17, 15) is 9.90 Å². The molecule has 30 heavy (non-hydrogen) atoms. The number of thioether (sulfide) groups is 1. The van der Waals surface area contributed by atoms with Crippen molar-refractivity contribution in [1.82, 2.24) is 0 Å². The molecule has 0 saturated heterocycles. The summed E-state index contributed by atoms with van der Waals surface area (Å²) in [5.74, 6) is -0.641. The zero-order valence-electron chi connectivity index (χ0n) is 16.2. The molecule has 0 bridgehead atoms. The summed E-state index contributed by atoms with van der Waals surface area (Å²) in [5, 5.41) is 13.0. The highest BCUT2D eigenvalue weighted by molar-refractivity contribution is 8.14. The smallest absolute Gasteiger partial charge is 0.171 e. The normalized spacial score (nSPS) is 19.3. The molecule has 0 radical (unpaired) electrons. The van der Waals surface area contributed by atoms with Crippen molar-refractivity contribution < 1.29 is 9.90 Å². The van der Waals surface area contributed by atoms with Crippen LogP contribution in [0, 0.1) is 0 Å². The average Bonchev–Trinajstić information content (AvgIpc) is 3.01. The van der Waals surface area contributed by atoms with Crippen LogP contribution in [0.25, 0.3) is 0 Å². The van der Waals surface area contributed by atoms with Crippen LogP contribution in [-0.4, -0.2) is 28.3 Å². The molecule has 2 aliphatic rings. The van der Waals surface area contributed by atoms with Crippen LogP contribution >= 0.6 is 35.0 Å². The van der Waals surface area contributed by atoms with Crippen LogP contribution in [0.5, 0.6) is 0 Å². The first-order valence-corrected chi connectivity index (χ1v) is 11.5. The van der Waals surface area contributed by atoms with Gasteiger partial charge in [0.2, 0.25) is 0 Å². The third-order valence-electron chi connectivity index (χ3n) is 5.39. The van der Waals surface area contributed by atoms with Gasteiger partial charge in [-0.15, -0.1) is 0 Å². The number of carbonyl (C=O) groups is 1. The van der Waals surface area contributed by atoms with Gasteiger partial charge < -0.3 is 14.8 Å². The fraction of sp³-hybridized carbons (Fsp3) is 0.318. The monoisotopic (exact) mass is 460 g/mol. The number of aliphatic imine (C=N–C) groups is 2. The average molecular weight is 461 g/mol. The molecule has 1 saturated carbocycles. The third kappa shape index (κ3) is 4.22. The molecule has 5 nitrogen and oxygen atoms in total. The van der Waals surface area contributed by atoms with E-state index in [4.69, 9.17) is 33.2 Å². The molecule has 8 heteroatoms. The molecule has 0 amide bonds. The lowest BCUT2D eigenvalue weighted by molar-refractivity contribution is -0.301. The number of aliphatic carboxylic acids is 1. The molecule has 0 aromatic heterocycles. The summed E-state index contributed by atoms with van der Waals surface area (Å²) in [4.78, 5) is 23.0. The van der Waals surface area contributed by atoms with Crippen molar-refractivity contribution in [2.24, 2.45) is 9.98 Å². The molecular weight excluding hydrogens is 441 g/mol. The lowest BCUT2D eigenvalue weighted by atomic mass is 9.79. The van der Waals surface area contributed by atoms with Crippen molar-refractivity contribution in [3.05, 3.63) is 58.6 Å². The number of anilines is 1. The maximum Gasteiger partial charge on any atom is 0.171 e. The van der Waals surface area contributed by atoms with Crippen LogP contribution in [-0.2, 0) is 4.79 Å². The van der Waals surface area contributed by atoms with E-state index in [2.05, 4.69) is 4.90 Å². The van der Waals surface area contributed by atoms with Gasteiger partial charge in [-0.25, -0.2) is 9.98 Å². The molecule has 1 aliphatic carbocycles. The van der Waals surface area contributed by atoms with Crippen molar-refractivity contribution in [3.8, 4) is 0 Å². The van der Waals surface area contributed by atoms with Gasteiger partial charge in [0, 0.05) is 10.8 Å². The van der Waals surface area contributed by atoms with Crippen molar-refractivity contribution in [3.63, 3.8) is 0 Å². The second kappa shape index (κ2) is 9.00. The minimum absolute atomic E-state index is 0.190. The number of carbonyl (C=O) groups excluding carboxylic acids is 1. The summed E-state index contributed by atoms with van der Waals surface area (Å²) in [5.41, 5.74) is 1.11. The first-order chi connectivity index (χ1) is 14.5. The van der Waals surface area contributed by atoms with Crippen molar-refractivity contribution in [1.29, 1.82) is 0 Å². The standard InChI is InChI=1S/C22H21Cl2N3O2S/c23-15-8-10-16(11-9-15)25-20-22(12-4-1-5-13-22)27(18-7-3-2-6-17(18)24)21(26-20)30-14-19(28)29/h2-3,6-11H,1,4-5,12-14H2,(H,28,29)/p-1. The fourth-order valence-electron chi connectivity index (χ4n) is 4.07. The highest BCUT2D eigenvalue weighted by Gasteiger charge is 2.50. The SMILES string of the molecule is O=C([O-])CSC1=NC(=Nc2ccc(Cl)cc2)C2(CCCCC2)N1c1ccccc1Cl. The van der Waals surface area contributed by atoms with E-state index < -0.39 is 11.5 Å². The van der Waals surface area contributed by atoms with E-state index in [1.807, 2.05) is 36.4 Å². The summed E-state index contributed by atoms with van der Waals surface area (Å²) in [6.07, 6.45) is 4.95. The van der Waals surface area contributed by atoms with Gasteiger partial charge in [0.05, 0.1) is 22.4 Å². The highest BCUT2D eigenvalue weighted by atomic mass is 35.5. The van der Waals surface area contributed by atoms with E-state index in [0.717, 1.165) is 55.2 Å². The highest BCUT2D eigenvalue weighted by Crippen LogP contribution is 2.46. The molecule has 1 aliphatic heterocycles. The second-order valence-corrected chi connectivity index (χ2v) is 9.13. The van der Waals surface area contributed by atoms with E-state index in [1.165, 1.54) is 0 Å². The molecule has 1 spiro atoms. The van der Waals surface area contributed by atoms with Gasteiger partial charge in [0.15, 0.2) is 11.0 Å². The molecule has 0 N–H and O–H groups in total. The first kappa shape index (κ1) is 21.2. The Bertz CT molecular complexity index is 1000. The van der Waals surface area contributed by atoms with Crippen molar-refractivity contribution >= 4 is 63.3 Å². The summed E-state index contributed by atoms with van der Waals surface area (Å²) in [6, 6.07) is 14.9. The first-order valence-electron chi connectivity index (χ1n) is 9.80. The van der Waals surface area contributed by atoms with Gasteiger partial charge in [-0.1, -0.05) is 66.4 Å². The van der Waals surface area contributed by atoms with Gasteiger partial charge in [-0.05, 0) is 49.2 Å². The van der Waals surface area contributed by atoms with Crippen LogP contribution in [0.15, 0.2) is 58.5 Å². The molecule has 1 heterocycles. The van der Waals surface area contributed by atoms with Crippen LogP contribution in [0.4, 0.5) is 11.4 Å². The number of amidine groups is 2. The second-order valence-electron chi connectivity index (χ2n) is 7.35. The number of hydrogen-bond acceptors (Lipinski definition) is 5. The Labute approximate surface area is 189 Å². The summed E-state index contributed by atoms with van der Waals surface area (Å²) in [7, 11) is 0. The molecule has 156 valence electrons. The van der Waals surface area contributed by atoms with Gasteiger partial charge >= 0.3 is 0 Å². The number of para-hydroxylation sites is 1. The molecule has 1 fully saturated rings. The Hall–Kier alpha value is -2.02. The van der Waals surface area contributed by atoms with Crippen molar-refractivity contribution in [2.75, 3.05) is 10.7 Å². The Morgan fingerprint density at radius 3 is 2.47 bits per heavy atom.